The number of para-hydroxylation sites is 1. The maximum Gasteiger partial charge on any atom is 0.166 e. The van der Waals surface area contributed by atoms with Crippen LogP contribution in [0.1, 0.15) is 16.7 Å². The molecule has 1 aromatic heterocycles. The molecule has 0 aliphatic carbocycles. The van der Waals surface area contributed by atoms with Gasteiger partial charge in [-0.05, 0) is 23.8 Å². The number of halogens is 2. The van der Waals surface area contributed by atoms with E-state index in [1.54, 1.807) is 13.3 Å². The third-order valence-electron chi connectivity index (χ3n) is 3.98. The first-order valence-corrected chi connectivity index (χ1v) is 8.77. The van der Waals surface area contributed by atoms with Gasteiger partial charge in [0.05, 0.1) is 7.11 Å². The number of methoxy groups -OCH3 is 1. The molecule has 3 rings (SSSR count). The minimum atomic E-state index is 0. The van der Waals surface area contributed by atoms with Gasteiger partial charge in [0.1, 0.15) is 6.61 Å². The van der Waals surface area contributed by atoms with Crippen molar-refractivity contribution in [3.8, 4) is 11.5 Å². The van der Waals surface area contributed by atoms with Gasteiger partial charge in [0.25, 0.3) is 0 Å². The van der Waals surface area contributed by atoms with Gasteiger partial charge in [-0.1, -0.05) is 48.0 Å². The van der Waals surface area contributed by atoms with E-state index in [0.29, 0.717) is 23.9 Å². The molecule has 0 aliphatic rings. The molecule has 0 radical (unpaired) electrons. The molecule has 0 amide bonds. The quantitative estimate of drug-likeness (QED) is 0.620. The van der Waals surface area contributed by atoms with Crippen molar-refractivity contribution in [2.45, 2.75) is 19.7 Å². The number of benzene rings is 2. The minimum absolute atomic E-state index is 0. The Morgan fingerprint density at radius 2 is 1.78 bits per heavy atom. The van der Waals surface area contributed by atoms with Gasteiger partial charge in [-0.2, -0.15) is 0 Å². The van der Waals surface area contributed by atoms with Gasteiger partial charge in [-0.15, -0.1) is 0 Å². The first kappa shape index (κ1) is 21.0. The maximum absolute atomic E-state index is 6.23. The van der Waals surface area contributed by atoms with E-state index in [1.165, 1.54) is 0 Å². The highest BCUT2D eigenvalue weighted by molar-refractivity contribution is 6.31. The average Bonchev–Trinajstić information content (AvgIpc) is 2.68. The number of hydrogen-bond donors (Lipinski definition) is 1. The van der Waals surface area contributed by atoms with Crippen molar-refractivity contribution < 1.29 is 21.9 Å². The molecule has 0 saturated carbocycles. The minimum Gasteiger partial charge on any atom is -1.00 e. The number of hydrogen-bond acceptors (Lipinski definition) is 4. The lowest BCUT2D eigenvalue weighted by atomic mass is 10.1. The van der Waals surface area contributed by atoms with Crippen molar-refractivity contribution in [3.05, 3.63) is 88.7 Å². The van der Waals surface area contributed by atoms with E-state index in [9.17, 15) is 0 Å². The highest BCUT2D eigenvalue weighted by Crippen LogP contribution is 2.32. The molecule has 2 aromatic carbocycles. The SMILES string of the molecule is COc1cccc(CNCc2cccnc2)c1OCc1ccccc1Cl.[Cl-]. The molecule has 27 heavy (non-hydrogen) atoms. The van der Waals surface area contributed by atoms with Crippen LogP contribution in [0.3, 0.4) is 0 Å². The second kappa shape index (κ2) is 10.8. The van der Waals surface area contributed by atoms with Gasteiger partial charge in [0, 0.05) is 41.6 Å². The molecule has 0 aliphatic heterocycles. The fourth-order valence-corrected chi connectivity index (χ4v) is 2.82. The topological polar surface area (TPSA) is 43.4 Å². The van der Waals surface area contributed by atoms with Gasteiger partial charge < -0.3 is 27.2 Å². The molecule has 0 bridgehead atoms. The van der Waals surface area contributed by atoms with E-state index in [1.807, 2.05) is 60.8 Å². The van der Waals surface area contributed by atoms with Crippen LogP contribution in [-0.2, 0) is 19.7 Å². The molecule has 0 fully saturated rings. The summed E-state index contributed by atoms with van der Waals surface area (Å²) in [6.45, 7) is 1.77. The van der Waals surface area contributed by atoms with E-state index < -0.39 is 0 Å². The molecule has 142 valence electrons. The van der Waals surface area contributed by atoms with Crippen LogP contribution in [0.5, 0.6) is 11.5 Å². The van der Waals surface area contributed by atoms with Gasteiger partial charge in [-0.25, -0.2) is 0 Å². The van der Waals surface area contributed by atoms with Crippen molar-refractivity contribution in [3.63, 3.8) is 0 Å². The van der Waals surface area contributed by atoms with E-state index in [2.05, 4.69) is 10.3 Å². The van der Waals surface area contributed by atoms with Crippen LogP contribution in [0.4, 0.5) is 0 Å². The van der Waals surface area contributed by atoms with Crippen molar-refractivity contribution in [2.24, 2.45) is 0 Å². The van der Waals surface area contributed by atoms with Crippen LogP contribution in [0.15, 0.2) is 67.0 Å². The number of pyridine rings is 1. The molecule has 0 unspecified atom stereocenters. The van der Waals surface area contributed by atoms with E-state index in [-0.39, 0.29) is 12.4 Å². The van der Waals surface area contributed by atoms with E-state index in [0.717, 1.165) is 29.0 Å². The number of nitrogens with zero attached hydrogens (tertiary/aromatic N) is 1. The predicted octanol–water partition coefficient (Wildman–Crippen LogP) is 1.62. The summed E-state index contributed by atoms with van der Waals surface area (Å²) in [7, 11) is 1.64. The maximum atomic E-state index is 6.23. The summed E-state index contributed by atoms with van der Waals surface area (Å²) in [5.41, 5.74) is 3.10. The van der Waals surface area contributed by atoms with Gasteiger partial charge in [0.2, 0.25) is 0 Å². The largest absolute Gasteiger partial charge is 1.00 e. The highest BCUT2D eigenvalue weighted by Gasteiger charge is 2.11. The molecule has 0 spiro atoms. The summed E-state index contributed by atoms with van der Waals surface area (Å²) < 4.78 is 11.5. The highest BCUT2D eigenvalue weighted by atomic mass is 35.5. The Balaban J connectivity index is 0.00000261. The molecule has 1 heterocycles. The second-order valence-corrected chi connectivity index (χ2v) is 6.20. The fourth-order valence-electron chi connectivity index (χ4n) is 2.63. The lowest BCUT2D eigenvalue weighted by Gasteiger charge is -2.16. The first-order chi connectivity index (χ1) is 12.8. The monoisotopic (exact) mass is 403 g/mol. The van der Waals surface area contributed by atoms with Crippen molar-refractivity contribution in [1.82, 2.24) is 10.3 Å². The third-order valence-corrected chi connectivity index (χ3v) is 4.35. The van der Waals surface area contributed by atoms with Crippen LogP contribution in [0, 0.1) is 0 Å². The van der Waals surface area contributed by atoms with Crippen LogP contribution in [0.2, 0.25) is 5.02 Å². The van der Waals surface area contributed by atoms with Crippen LogP contribution >= 0.6 is 11.6 Å². The molecule has 4 nitrogen and oxygen atoms in total. The predicted molar refractivity (Wildman–Crippen MR) is 104 cm³/mol. The van der Waals surface area contributed by atoms with E-state index in [4.69, 9.17) is 21.1 Å². The van der Waals surface area contributed by atoms with Crippen molar-refractivity contribution in [2.75, 3.05) is 7.11 Å². The summed E-state index contributed by atoms with van der Waals surface area (Å²) in [5.74, 6) is 1.44. The Bertz CT molecular complexity index is 845. The second-order valence-electron chi connectivity index (χ2n) is 5.79. The number of ether oxygens (including phenoxy) is 2. The number of rotatable bonds is 8. The first-order valence-electron chi connectivity index (χ1n) is 8.39. The fraction of sp³-hybridized carbons (Fsp3) is 0.190. The van der Waals surface area contributed by atoms with Crippen LogP contribution in [0.25, 0.3) is 0 Å². The molecule has 3 aromatic rings. The van der Waals surface area contributed by atoms with E-state index >= 15 is 0 Å². The normalized spacial score (nSPS) is 10.1. The van der Waals surface area contributed by atoms with Crippen LogP contribution < -0.4 is 27.2 Å². The molecule has 1 N–H and O–H groups in total. The Kier molecular flexibility index (Phi) is 8.40. The zero-order chi connectivity index (χ0) is 18.2. The van der Waals surface area contributed by atoms with Crippen molar-refractivity contribution in [1.29, 1.82) is 0 Å². The molecule has 0 saturated heterocycles. The van der Waals surface area contributed by atoms with Gasteiger partial charge >= 0.3 is 0 Å². The molecule has 0 atom stereocenters. The summed E-state index contributed by atoms with van der Waals surface area (Å²) in [6.07, 6.45) is 3.62. The van der Waals surface area contributed by atoms with Gasteiger partial charge in [-0.3, -0.25) is 4.98 Å². The Labute approximate surface area is 170 Å². The number of nitrogens with one attached hydrogen (secondary N) is 1. The van der Waals surface area contributed by atoms with Crippen molar-refractivity contribution >= 4 is 11.6 Å². The molecule has 6 heteroatoms. The Morgan fingerprint density at radius 1 is 0.963 bits per heavy atom. The summed E-state index contributed by atoms with van der Waals surface area (Å²) >= 11 is 6.23. The zero-order valence-corrected chi connectivity index (χ0v) is 16.5. The third kappa shape index (κ3) is 5.86. The molecular weight excluding hydrogens is 383 g/mol. The standard InChI is InChI=1S/C21H21ClN2O2.ClH/c1-25-20-10-4-8-17(14-24-13-16-6-5-11-23-12-16)21(20)26-15-18-7-2-3-9-19(18)22;/h2-12,24H,13-15H2,1H3;1H/p-1. The zero-order valence-electron chi connectivity index (χ0n) is 15.0. The summed E-state index contributed by atoms with van der Waals surface area (Å²) in [4.78, 5) is 4.13. The summed E-state index contributed by atoms with van der Waals surface area (Å²) in [6, 6.07) is 17.5. The lowest BCUT2D eigenvalue weighted by molar-refractivity contribution is -0.00000576. The lowest BCUT2D eigenvalue weighted by Crippen LogP contribution is -3.00. The van der Waals surface area contributed by atoms with Crippen LogP contribution in [-0.4, -0.2) is 12.1 Å². The Morgan fingerprint density at radius 3 is 2.52 bits per heavy atom. The molecular formula is C21H21Cl2N2O2-. The smallest absolute Gasteiger partial charge is 0.166 e. The van der Waals surface area contributed by atoms with Gasteiger partial charge in [0.15, 0.2) is 11.5 Å². The number of aromatic nitrogens is 1. The average molecular weight is 404 g/mol. The summed E-state index contributed by atoms with van der Waals surface area (Å²) in [5, 5.41) is 4.11. The Hall–Kier alpha value is -2.27.